The van der Waals surface area contributed by atoms with Crippen LogP contribution in [0.15, 0.2) is 25.6 Å². The molecule has 0 aromatic heterocycles. The van der Waals surface area contributed by atoms with Crippen LogP contribution in [-0.2, 0) is 0 Å². The summed E-state index contributed by atoms with van der Waals surface area (Å²) in [5.41, 5.74) is 0. The van der Waals surface area contributed by atoms with Crippen LogP contribution in [0.25, 0.3) is 0 Å². The van der Waals surface area contributed by atoms with Gasteiger partial charge in [-0.15, -0.1) is 0 Å². The Kier molecular flexibility index (Phi) is 6.32. The van der Waals surface area contributed by atoms with E-state index >= 15 is 0 Å². The molecule has 1 atom stereocenters. The molecule has 5 heteroatoms. The van der Waals surface area contributed by atoms with Gasteiger partial charge in [0.1, 0.15) is 12.4 Å². The van der Waals surface area contributed by atoms with E-state index in [0.717, 1.165) is 25.7 Å². The Morgan fingerprint density at radius 3 is 2.31 bits per heavy atom. The molecule has 2 nitrogen and oxygen atoms in total. The van der Waals surface area contributed by atoms with Crippen LogP contribution in [0.4, 0.5) is 0 Å². The molecule has 0 aliphatic heterocycles. The SMILES string of the molecule is CCNC(C)COc1c(Br)cc(Br)cc1Br. The first-order chi connectivity index (χ1) is 7.54. The first kappa shape index (κ1) is 14.5. The summed E-state index contributed by atoms with van der Waals surface area (Å²) in [4.78, 5) is 0. The van der Waals surface area contributed by atoms with Gasteiger partial charge in [-0.25, -0.2) is 0 Å². The number of ether oxygens (including phenoxy) is 1. The van der Waals surface area contributed by atoms with E-state index in [1.807, 2.05) is 12.1 Å². The van der Waals surface area contributed by atoms with Gasteiger partial charge in [0.25, 0.3) is 0 Å². The Balaban J connectivity index is 2.67. The molecule has 1 aromatic carbocycles. The van der Waals surface area contributed by atoms with Crippen LogP contribution in [0.5, 0.6) is 5.75 Å². The van der Waals surface area contributed by atoms with Crippen LogP contribution in [-0.4, -0.2) is 19.2 Å². The summed E-state index contributed by atoms with van der Waals surface area (Å²) in [5.74, 6) is 0.841. The van der Waals surface area contributed by atoms with Gasteiger partial charge in [0.05, 0.1) is 8.95 Å². The summed E-state index contributed by atoms with van der Waals surface area (Å²) in [6, 6.07) is 4.28. The molecule has 0 amide bonds. The van der Waals surface area contributed by atoms with Crippen LogP contribution in [0.1, 0.15) is 13.8 Å². The third kappa shape index (κ3) is 4.35. The molecule has 1 rings (SSSR count). The van der Waals surface area contributed by atoms with Crippen LogP contribution >= 0.6 is 47.8 Å². The molecular weight excluding hydrogens is 402 g/mol. The second-order valence-electron chi connectivity index (χ2n) is 3.47. The fraction of sp³-hybridized carbons (Fsp3) is 0.455. The average Bonchev–Trinajstić information content (AvgIpc) is 2.16. The van der Waals surface area contributed by atoms with Gasteiger partial charge in [0, 0.05) is 10.5 Å². The van der Waals surface area contributed by atoms with Gasteiger partial charge < -0.3 is 10.1 Å². The highest BCUT2D eigenvalue weighted by Gasteiger charge is 2.09. The molecule has 0 spiro atoms. The topological polar surface area (TPSA) is 21.3 Å². The summed E-state index contributed by atoms with van der Waals surface area (Å²) in [5, 5.41) is 3.30. The molecule has 1 N–H and O–H groups in total. The van der Waals surface area contributed by atoms with E-state index in [1.165, 1.54) is 0 Å². The molecule has 0 heterocycles. The van der Waals surface area contributed by atoms with E-state index < -0.39 is 0 Å². The number of rotatable bonds is 5. The monoisotopic (exact) mass is 413 g/mol. The normalized spacial score (nSPS) is 12.6. The molecule has 0 aliphatic carbocycles. The van der Waals surface area contributed by atoms with Crippen molar-refractivity contribution >= 4 is 47.8 Å². The molecule has 0 radical (unpaired) electrons. The van der Waals surface area contributed by atoms with Gasteiger partial charge >= 0.3 is 0 Å². The summed E-state index contributed by atoms with van der Waals surface area (Å²) < 4.78 is 8.66. The first-order valence-corrected chi connectivity index (χ1v) is 7.43. The molecule has 0 fully saturated rings. The van der Waals surface area contributed by atoms with Gasteiger partial charge in [-0.1, -0.05) is 22.9 Å². The van der Waals surface area contributed by atoms with E-state index in [0.29, 0.717) is 12.6 Å². The lowest BCUT2D eigenvalue weighted by Crippen LogP contribution is -2.31. The standard InChI is InChI=1S/C11H14Br3NO/c1-3-15-7(2)6-16-11-9(13)4-8(12)5-10(11)14/h4-5,7,15H,3,6H2,1-2H3. The number of hydrogen-bond donors (Lipinski definition) is 1. The maximum Gasteiger partial charge on any atom is 0.147 e. The van der Waals surface area contributed by atoms with Gasteiger partial charge in [-0.05, 0) is 57.5 Å². The van der Waals surface area contributed by atoms with Crippen molar-refractivity contribution in [3.8, 4) is 5.75 Å². The summed E-state index contributed by atoms with van der Waals surface area (Å²) in [6.45, 7) is 5.78. The van der Waals surface area contributed by atoms with Crippen LogP contribution in [0.2, 0.25) is 0 Å². The van der Waals surface area contributed by atoms with E-state index in [9.17, 15) is 0 Å². The van der Waals surface area contributed by atoms with Gasteiger partial charge in [0.2, 0.25) is 0 Å². The summed E-state index contributed by atoms with van der Waals surface area (Å²) in [6.07, 6.45) is 0. The quantitative estimate of drug-likeness (QED) is 0.771. The maximum atomic E-state index is 5.76. The second kappa shape index (κ2) is 6.99. The zero-order valence-electron chi connectivity index (χ0n) is 9.19. The number of nitrogens with one attached hydrogen (secondary N) is 1. The Morgan fingerprint density at radius 1 is 1.25 bits per heavy atom. The van der Waals surface area contributed by atoms with Crippen molar-refractivity contribution in [1.82, 2.24) is 5.32 Å². The first-order valence-electron chi connectivity index (χ1n) is 5.05. The minimum Gasteiger partial charge on any atom is -0.490 e. The summed E-state index contributed by atoms with van der Waals surface area (Å²) >= 11 is 10.4. The van der Waals surface area contributed by atoms with Crippen molar-refractivity contribution in [2.75, 3.05) is 13.2 Å². The lowest BCUT2D eigenvalue weighted by molar-refractivity contribution is 0.272. The van der Waals surface area contributed by atoms with Crippen molar-refractivity contribution in [2.45, 2.75) is 19.9 Å². The fourth-order valence-corrected chi connectivity index (χ4v) is 3.77. The minimum atomic E-state index is 0.340. The highest BCUT2D eigenvalue weighted by Crippen LogP contribution is 2.36. The predicted octanol–water partition coefficient (Wildman–Crippen LogP) is 4.35. The van der Waals surface area contributed by atoms with Crippen molar-refractivity contribution in [3.63, 3.8) is 0 Å². The minimum absolute atomic E-state index is 0.340. The predicted molar refractivity (Wildman–Crippen MR) is 78.2 cm³/mol. The van der Waals surface area contributed by atoms with Crippen molar-refractivity contribution in [2.24, 2.45) is 0 Å². The Hall–Kier alpha value is 0.420. The smallest absolute Gasteiger partial charge is 0.147 e. The third-order valence-electron chi connectivity index (χ3n) is 1.99. The van der Waals surface area contributed by atoms with E-state index in [2.05, 4.69) is 67.0 Å². The number of benzene rings is 1. The fourth-order valence-electron chi connectivity index (χ4n) is 1.28. The molecule has 0 aliphatic rings. The Labute approximate surface area is 122 Å². The molecule has 1 aromatic rings. The molecule has 90 valence electrons. The average molecular weight is 416 g/mol. The highest BCUT2D eigenvalue weighted by atomic mass is 79.9. The van der Waals surface area contributed by atoms with E-state index in [-0.39, 0.29) is 0 Å². The van der Waals surface area contributed by atoms with E-state index in [4.69, 9.17) is 4.74 Å². The van der Waals surface area contributed by atoms with Crippen LogP contribution in [0, 0.1) is 0 Å². The van der Waals surface area contributed by atoms with Crippen LogP contribution in [0.3, 0.4) is 0 Å². The van der Waals surface area contributed by atoms with E-state index in [1.54, 1.807) is 0 Å². The zero-order chi connectivity index (χ0) is 12.1. The number of hydrogen-bond acceptors (Lipinski definition) is 2. The number of likely N-dealkylation sites (N-methyl/N-ethyl adjacent to an activating group) is 1. The largest absolute Gasteiger partial charge is 0.490 e. The van der Waals surface area contributed by atoms with Gasteiger partial charge in [-0.3, -0.25) is 0 Å². The Bertz CT molecular complexity index is 334. The van der Waals surface area contributed by atoms with Crippen molar-refractivity contribution in [3.05, 3.63) is 25.6 Å². The lowest BCUT2D eigenvalue weighted by atomic mass is 10.3. The molecule has 16 heavy (non-hydrogen) atoms. The molecule has 0 bridgehead atoms. The maximum absolute atomic E-state index is 5.76. The van der Waals surface area contributed by atoms with Crippen LogP contribution < -0.4 is 10.1 Å². The number of halogens is 3. The second-order valence-corrected chi connectivity index (χ2v) is 6.09. The molecule has 1 unspecified atom stereocenters. The molecular formula is C11H14Br3NO. The zero-order valence-corrected chi connectivity index (χ0v) is 13.9. The van der Waals surface area contributed by atoms with Gasteiger partial charge in [-0.2, -0.15) is 0 Å². The third-order valence-corrected chi connectivity index (χ3v) is 3.63. The summed E-state index contributed by atoms with van der Waals surface area (Å²) in [7, 11) is 0. The van der Waals surface area contributed by atoms with Gasteiger partial charge in [0.15, 0.2) is 0 Å². The van der Waals surface area contributed by atoms with Crippen molar-refractivity contribution in [1.29, 1.82) is 0 Å². The molecule has 0 saturated carbocycles. The lowest BCUT2D eigenvalue weighted by Gasteiger charge is -2.15. The Morgan fingerprint density at radius 2 is 1.81 bits per heavy atom. The highest BCUT2D eigenvalue weighted by molar-refractivity contribution is 9.11. The van der Waals surface area contributed by atoms with Crippen molar-refractivity contribution < 1.29 is 4.74 Å². The molecule has 0 saturated heterocycles.